The Kier molecular flexibility index (Phi) is 5.69. The number of benzene rings is 4. The summed E-state index contributed by atoms with van der Waals surface area (Å²) in [7, 11) is -3.16. The van der Waals surface area contributed by atoms with Crippen molar-refractivity contribution >= 4 is 45.0 Å². The Balaban J connectivity index is 1.44. The van der Waals surface area contributed by atoms with Crippen molar-refractivity contribution in [2.24, 2.45) is 0 Å². The summed E-state index contributed by atoms with van der Waals surface area (Å²) in [6.07, 6.45) is 5.32. The molecule has 0 aliphatic carbocycles. The van der Waals surface area contributed by atoms with E-state index < -0.39 is 7.14 Å². The third kappa shape index (κ3) is 3.89. The standard InChI is InChI=1S/C34H23N2O2P/c37-39(25-11-3-1-4-12-25,26-13-5-2-6-14-26)27-21-24(22-35-23-27)28-15-9-16-29-30-17-10-18-31(34(30)38-33(28)29)32-19-7-8-20-36-32/h1-23H. The molecule has 0 bridgehead atoms. The van der Waals surface area contributed by atoms with Crippen molar-refractivity contribution in [3.05, 3.63) is 140 Å². The average Bonchev–Trinajstić information content (AvgIpc) is 3.41. The predicted molar refractivity (Wildman–Crippen MR) is 160 cm³/mol. The van der Waals surface area contributed by atoms with Crippen molar-refractivity contribution in [1.29, 1.82) is 0 Å². The van der Waals surface area contributed by atoms with E-state index in [1.165, 1.54) is 0 Å². The first kappa shape index (κ1) is 23.3. The van der Waals surface area contributed by atoms with E-state index >= 15 is 0 Å². The largest absolute Gasteiger partial charge is 0.455 e. The molecule has 39 heavy (non-hydrogen) atoms. The second kappa shape index (κ2) is 9.50. The highest BCUT2D eigenvalue weighted by Gasteiger charge is 2.30. The Hall–Kier alpha value is -4.79. The molecule has 0 fully saturated rings. The summed E-state index contributed by atoms with van der Waals surface area (Å²) in [5.41, 5.74) is 5.12. The van der Waals surface area contributed by atoms with E-state index in [-0.39, 0.29) is 0 Å². The van der Waals surface area contributed by atoms with E-state index in [4.69, 9.17) is 4.42 Å². The van der Waals surface area contributed by atoms with Crippen LogP contribution in [0.15, 0.2) is 144 Å². The first-order chi connectivity index (χ1) is 19.2. The lowest BCUT2D eigenvalue weighted by Gasteiger charge is -2.20. The van der Waals surface area contributed by atoms with Crippen molar-refractivity contribution < 1.29 is 8.98 Å². The molecule has 7 rings (SSSR count). The van der Waals surface area contributed by atoms with Gasteiger partial charge in [-0.3, -0.25) is 9.97 Å². The normalized spacial score (nSPS) is 11.7. The number of furan rings is 1. The van der Waals surface area contributed by atoms with Gasteiger partial charge in [0.15, 0.2) is 7.14 Å². The second-order valence-electron chi connectivity index (χ2n) is 9.39. The maximum Gasteiger partial charge on any atom is 0.172 e. The molecule has 0 amide bonds. The smallest absolute Gasteiger partial charge is 0.172 e. The van der Waals surface area contributed by atoms with Gasteiger partial charge >= 0.3 is 0 Å². The molecule has 0 atom stereocenters. The molecular formula is C34H23N2O2P. The number of para-hydroxylation sites is 2. The van der Waals surface area contributed by atoms with Crippen LogP contribution in [0.3, 0.4) is 0 Å². The van der Waals surface area contributed by atoms with Gasteiger partial charge < -0.3 is 8.98 Å². The number of nitrogens with zero attached hydrogens (tertiary/aromatic N) is 2. The molecule has 5 heteroatoms. The molecule has 4 nitrogen and oxygen atoms in total. The Morgan fingerprint density at radius 2 is 1.18 bits per heavy atom. The maximum absolute atomic E-state index is 14.9. The summed E-state index contributed by atoms with van der Waals surface area (Å²) < 4.78 is 21.5. The molecule has 0 saturated carbocycles. The molecular weight excluding hydrogens is 499 g/mol. The third-order valence-electron chi connectivity index (χ3n) is 7.10. The average molecular weight is 523 g/mol. The van der Waals surface area contributed by atoms with Crippen LogP contribution in [-0.2, 0) is 4.57 Å². The van der Waals surface area contributed by atoms with E-state index in [2.05, 4.69) is 22.1 Å². The Bertz CT molecular complexity index is 1940. The van der Waals surface area contributed by atoms with Gasteiger partial charge in [0.1, 0.15) is 11.2 Å². The van der Waals surface area contributed by atoms with Gasteiger partial charge in [-0.15, -0.1) is 0 Å². The fourth-order valence-corrected chi connectivity index (χ4v) is 7.87. The van der Waals surface area contributed by atoms with E-state index in [0.717, 1.165) is 54.9 Å². The van der Waals surface area contributed by atoms with Crippen molar-refractivity contribution in [3.8, 4) is 22.4 Å². The molecule has 0 radical (unpaired) electrons. The molecule has 0 unspecified atom stereocenters. The van der Waals surface area contributed by atoms with Crippen LogP contribution in [0.2, 0.25) is 0 Å². The van der Waals surface area contributed by atoms with Gasteiger partial charge in [0, 0.05) is 62.0 Å². The minimum Gasteiger partial charge on any atom is -0.455 e. The lowest BCUT2D eigenvalue weighted by molar-refractivity contribution is 0.592. The SMILES string of the molecule is O=P(c1ccccc1)(c1ccccc1)c1cncc(-c2cccc3c2oc2c(-c4ccccn4)cccc23)c1. The molecule has 3 aromatic heterocycles. The van der Waals surface area contributed by atoms with Gasteiger partial charge in [-0.25, -0.2) is 0 Å². The number of pyridine rings is 2. The van der Waals surface area contributed by atoms with Crippen LogP contribution in [0, 0.1) is 0 Å². The lowest BCUT2D eigenvalue weighted by Crippen LogP contribution is -2.25. The van der Waals surface area contributed by atoms with Gasteiger partial charge in [0.25, 0.3) is 0 Å². The third-order valence-corrected chi connectivity index (χ3v) is 10.1. The number of rotatable bonds is 5. The molecule has 4 aromatic carbocycles. The molecule has 186 valence electrons. The number of hydrogen-bond donors (Lipinski definition) is 0. The Morgan fingerprint density at radius 1 is 0.564 bits per heavy atom. The van der Waals surface area contributed by atoms with Crippen LogP contribution < -0.4 is 15.9 Å². The molecule has 0 saturated heterocycles. The molecule has 0 N–H and O–H groups in total. The Labute approximate surface area is 226 Å². The summed E-state index contributed by atoms with van der Waals surface area (Å²) in [6.45, 7) is 0. The topological polar surface area (TPSA) is 56.0 Å². The van der Waals surface area contributed by atoms with Crippen molar-refractivity contribution in [3.63, 3.8) is 0 Å². The summed E-state index contributed by atoms with van der Waals surface area (Å²) in [5.74, 6) is 0. The quantitative estimate of drug-likeness (QED) is 0.222. The fourth-order valence-electron chi connectivity index (χ4n) is 5.24. The van der Waals surface area contributed by atoms with Crippen molar-refractivity contribution in [1.82, 2.24) is 9.97 Å². The minimum atomic E-state index is -3.16. The molecule has 0 aliphatic heterocycles. The highest BCUT2D eigenvalue weighted by atomic mass is 31.2. The monoisotopic (exact) mass is 522 g/mol. The zero-order valence-electron chi connectivity index (χ0n) is 20.9. The predicted octanol–water partition coefficient (Wildman–Crippen LogP) is 7.35. The zero-order valence-corrected chi connectivity index (χ0v) is 21.8. The van der Waals surface area contributed by atoms with Gasteiger partial charge in [-0.1, -0.05) is 97.1 Å². The summed E-state index contributed by atoms with van der Waals surface area (Å²) in [4.78, 5) is 9.13. The Morgan fingerprint density at radius 3 is 1.82 bits per heavy atom. The van der Waals surface area contributed by atoms with Gasteiger partial charge in [-0.2, -0.15) is 0 Å². The summed E-state index contributed by atoms with van der Waals surface area (Å²) in [6, 6.07) is 39.4. The number of hydrogen-bond acceptors (Lipinski definition) is 4. The van der Waals surface area contributed by atoms with Crippen LogP contribution in [0.1, 0.15) is 0 Å². The highest BCUT2D eigenvalue weighted by molar-refractivity contribution is 7.85. The van der Waals surface area contributed by atoms with Crippen LogP contribution in [0.25, 0.3) is 44.3 Å². The summed E-state index contributed by atoms with van der Waals surface area (Å²) >= 11 is 0. The van der Waals surface area contributed by atoms with Gasteiger partial charge in [-0.05, 0) is 24.3 Å². The van der Waals surface area contributed by atoms with E-state index in [9.17, 15) is 4.57 Å². The van der Waals surface area contributed by atoms with E-state index in [1.54, 1.807) is 12.4 Å². The van der Waals surface area contributed by atoms with Crippen molar-refractivity contribution in [2.75, 3.05) is 0 Å². The fraction of sp³-hybridized carbons (Fsp3) is 0. The number of aromatic nitrogens is 2. The molecule has 3 heterocycles. The van der Waals surface area contributed by atoms with Crippen molar-refractivity contribution in [2.45, 2.75) is 0 Å². The highest BCUT2D eigenvalue weighted by Crippen LogP contribution is 2.44. The van der Waals surface area contributed by atoms with Gasteiger partial charge in [0.2, 0.25) is 0 Å². The molecule has 0 aliphatic rings. The maximum atomic E-state index is 14.9. The second-order valence-corrected chi connectivity index (χ2v) is 12.2. The number of fused-ring (bicyclic) bond motifs is 3. The van der Waals surface area contributed by atoms with Crippen LogP contribution in [0.5, 0.6) is 0 Å². The van der Waals surface area contributed by atoms with Crippen LogP contribution in [0.4, 0.5) is 0 Å². The van der Waals surface area contributed by atoms with E-state index in [1.807, 2.05) is 115 Å². The van der Waals surface area contributed by atoms with Crippen LogP contribution in [-0.4, -0.2) is 9.97 Å². The lowest BCUT2D eigenvalue weighted by atomic mass is 10.0. The van der Waals surface area contributed by atoms with Crippen LogP contribution >= 0.6 is 7.14 Å². The van der Waals surface area contributed by atoms with E-state index in [0.29, 0.717) is 5.30 Å². The molecule has 7 aromatic rings. The first-order valence-electron chi connectivity index (χ1n) is 12.8. The first-order valence-corrected chi connectivity index (χ1v) is 14.5. The zero-order chi connectivity index (χ0) is 26.2. The van der Waals surface area contributed by atoms with Gasteiger partial charge in [0.05, 0.1) is 5.69 Å². The molecule has 0 spiro atoms. The summed E-state index contributed by atoms with van der Waals surface area (Å²) in [5, 5.41) is 4.27. The minimum absolute atomic E-state index is 0.680.